The van der Waals surface area contributed by atoms with Gasteiger partial charge in [0.1, 0.15) is 5.75 Å². The first-order chi connectivity index (χ1) is 12.9. The molecule has 2 aromatic rings. The molecular weight excluding hydrogens is 398 g/mol. The van der Waals surface area contributed by atoms with Crippen LogP contribution in [-0.2, 0) is 18.6 Å². The third kappa shape index (κ3) is 3.03. The zero-order chi connectivity index (χ0) is 19.2. The third-order valence-electron chi connectivity index (χ3n) is 7.01. The van der Waals surface area contributed by atoms with Crippen molar-refractivity contribution in [3.05, 3.63) is 63.1 Å². The number of hydrogen-bond donors (Lipinski definition) is 0. The summed E-state index contributed by atoms with van der Waals surface area (Å²) in [5, 5.41) is 0. The third-order valence-corrected chi connectivity index (χ3v) is 7.47. The number of benzene rings is 2. The van der Waals surface area contributed by atoms with E-state index in [1.807, 2.05) is 0 Å². The molecule has 0 saturated heterocycles. The van der Waals surface area contributed by atoms with Gasteiger partial charge in [-0.3, -0.25) is 4.90 Å². The molecule has 0 amide bonds. The SMILES string of the molecule is COc1ccc(CN2Cc3c(C)cc(Br)cc3C23CCCCC3(C)C)cc1. The summed E-state index contributed by atoms with van der Waals surface area (Å²) in [6, 6.07) is 13.3. The van der Waals surface area contributed by atoms with E-state index in [0.29, 0.717) is 0 Å². The van der Waals surface area contributed by atoms with Gasteiger partial charge in [-0.15, -0.1) is 0 Å². The quantitative estimate of drug-likeness (QED) is 0.548. The lowest BCUT2D eigenvalue weighted by molar-refractivity contribution is -0.0511. The summed E-state index contributed by atoms with van der Waals surface area (Å²) in [6.45, 7) is 9.27. The van der Waals surface area contributed by atoms with E-state index in [2.05, 4.69) is 78.0 Å². The second kappa shape index (κ2) is 6.93. The van der Waals surface area contributed by atoms with Gasteiger partial charge in [-0.05, 0) is 71.7 Å². The second-order valence-electron chi connectivity index (χ2n) is 8.90. The number of rotatable bonds is 3. The molecule has 1 heterocycles. The Balaban J connectivity index is 1.79. The number of nitrogens with zero attached hydrogens (tertiary/aromatic N) is 1. The molecule has 27 heavy (non-hydrogen) atoms. The van der Waals surface area contributed by atoms with Crippen LogP contribution in [0, 0.1) is 12.3 Å². The molecule has 0 radical (unpaired) electrons. The van der Waals surface area contributed by atoms with Crippen LogP contribution in [-0.4, -0.2) is 12.0 Å². The molecule has 1 aliphatic heterocycles. The van der Waals surface area contributed by atoms with Crippen LogP contribution < -0.4 is 4.74 Å². The lowest BCUT2D eigenvalue weighted by atomic mass is 9.60. The number of aryl methyl sites for hydroxylation is 1. The first-order valence-electron chi connectivity index (χ1n) is 10.0. The zero-order valence-electron chi connectivity index (χ0n) is 16.9. The monoisotopic (exact) mass is 427 g/mol. The fourth-order valence-electron chi connectivity index (χ4n) is 5.57. The summed E-state index contributed by atoms with van der Waals surface area (Å²) < 4.78 is 6.56. The van der Waals surface area contributed by atoms with Crippen molar-refractivity contribution in [2.24, 2.45) is 5.41 Å². The van der Waals surface area contributed by atoms with E-state index in [-0.39, 0.29) is 11.0 Å². The van der Waals surface area contributed by atoms with Crippen molar-refractivity contribution >= 4 is 15.9 Å². The molecule has 2 nitrogen and oxygen atoms in total. The van der Waals surface area contributed by atoms with Gasteiger partial charge in [0.05, 0.1) is 12.6 Å². The lowest BCUT2D eigenvalue weighted by Gasteiger charge is -2.54. The Morgan fingerprint density at radius 1 is 1.07 bits per heavy atom. The minimum absolute atomic E-state index is 0.120. The van der Waals surface area contributed by atoms with Gasteiger partial charge in [-0.25, -0.2) is 0 Å². The van der Waals surface area contributed by atoms with Crippen molar-refractivity contribution in [2.45, 2.75) is 65.1 Å². The Kier molecular flexibility index (Phi) is 4.88. The summed E-state index contributed by atoms with van der Waals surface area (Å²) in [5.41, 5.74) is 6.26. The maximum absolute atomic E-state index is 5.34. The van der Waals surface area contributed by atoms with Crippen molar-refractivity contribution in [1.82, 2.24) is 4.90 Å². The fraction of sp³-hybridized carbons (Fsp3) is 0.500. The molecule has 1 fully saturated rings. The normalized spacial score (nSPS) is 24.2. The Morgan fingerprint density at radius 2 is 1.78 bits per heavy atom. The zero-order valence-corrected chi connectivity index (χ0v) is 18.5. The van der Waals surface area contributed by atoms with Crippen molar-refractivity contribution in [3.63, 3.8) is 0 Å². The molecule has 1 saturated carbocycles. The van der Waals surface area contributed by atoms with Crippen LogP contribution >= 0.6 is 15.9 Å². The molecule has 3 heteroatoms. The molecule has 1 unspecified atom stereocenters. The van der Waals surface area contributed by atoms with Crippen LogP contribution in [0.5, 0.6) is 5.75 Å². The molecule has 1 aliphatic carbocycles. The second-order valence-corrected chi connectivity index (χ2v) is 9.82. The predicted octanol–water partition coefficient (Wildman–Crippen LogP) is 6.58. The van der Waals surface area contributed by atoms with Crippen LogP contribution in [0.4, 0.5) is 0 Å². The highest BCUT2D eigenvalue weighted by atomic mass is 79.9. The highest BCUT2D eigenvalue weighted by Crippen LogP contribution is 2.59. The average molecular weight is 428 g/mol. The maximum Gasteiger partial charge on any atom is 0.118 e. The van der Waals surface area contributed by atoms with Gasteiger partial charge in [-0.2, -0.15) is 0 Å². The molecule has 2 aromatic carbocycles. The molecule has 1 spiro atoms. The van der Waals surface area contributed by atoms with Gasteiger partial charge in [-0.1, -0.05) is 54.8 Å². The summed E-state index contributed by atoms with van der Waals surface area (Å²) in [4.78, 5) is 2.76. The van der Waals surface area contributed by atoms with Crippen LogP contribution in [0.2, 0.25) is 0 Å². The largest absolute Gasteiger partial charge is 0.497 e. The molecule has 0 aromatic heterocycles. The van der Waals surface area contributed by atoms with Crippen molar-refractivity contribution in [1.29, 1.82) is 0 Å². The van der Waals surface area contributed by atoms with Gasteiger partial charge in [0.25, 0.3) is 0 Å². The summed E-state index contributed by atoms with van der Waals surface area (Å²) in [5.74, 6) is 0.927. The first-order valence-corrected chi connectivity index (χ1v) is 10.8. The molecular formula is C24H30BrNO. The minimum atomic E-state index is 0.120. The Labute approximate surface area is 172 Å². The van der Waals surface area contributed by atoms with E-state index in [0.717, 1.165) is 18.8 Å². The topological polar surface area (TPSA) is 12.5 Å². The van der Waals surface area contributed by atoms with E-state index in [4.69, 9.17) is 4.74 Å². The number of fused-ring (bicyclic) bond motifs is 2. The summed E-state index contributed by atoms with van der Waals surface area (Å²) in [7, 11) is 1.73. The maximum atomic E-state index is 5.34. The molecule has 1 atom stereocenters. The van der Waals surface area contributed by atoms with Gasteiger partial charge >= 0.3 is 0 Å². The molecule has 4 rings (SSSR count). The Bertz CT molecular complexity index is 842. The van der Waals surface area contributed by atoms with Crippen molar-refractivity contribution in [3.8, 4) is 5.75 Å². The van der Waals surface area contributed by atoms with Gasteiger partial charge in [0.15, 0.2) is 0 Å². The van der Waals surface area contributed by atoms with Gasteiger partial charge < -0.3 is 4.74 Å². The van der Waals surface area contributed by atoms with Gasteiger partial charge in [0, 0.05) is 17.6 Å². The first kappa shape index (κ1) is 19.0. The lowest BCUT2D eigenvalue weighted by Crippen LogP contribution is -2.53. The van der Waals surface area contributed by atoms with E-state index < -0.39 is 0 Å². The highest BCUT2D eigenvalue weighted by molar-refractivity contribution is 9.10. The van der Waals surface area contributed by atoms with Crippen molar-refractivity contribution < 1.29 is 4.74 Å². The summed E-state index contributed by atoms with van der Waals surface area (Å²) >= 11 is 3.77. The van der Waals surface area contributed by atoms with E-state index >= 15 is 0 Å². The average Bonchev–Trinajstić information content (AvgIpc) is 2.93. The predicted molar refractivity (Wildman–Crippen MR) is 115 cm³/mol. The van der Waals surface area contributed by atoms with Crippen LogP contribution in [0.1, 0.15) is 61.8 Å². The molecule has 0 bridgehead atoms. The van der Waals surface area contributed by atoms with Crippen LogP contribution in [0.15, 0.2) is 40.9 Å². The Hall–Kier alpha value is -1.32. The van der Waals surface area contributed by atoms with Crippen LogP contribution in [0.25, 0.3) is 0 Å². The highest BCUT2D eigenvalue weighted by Gasteiger charge is 2.55. The Morgan fingerprint density at radius 3 is 2.44 bits per heavy atom. The number of halogens is 1. The van der Waals surface area contributed by atoms with E-state index in [9.17, 15) is 0 Å². The molecule has 0 N–H and O–H groups in total. The summed E-state index contributed by atoms with van der Waals surface area (Å²) in [6.07, 6.45) is 5.19. The number of hydrogen-bond acceptors (Lipinski definition) is 2. The number of methoxy groups -OCH3 is 1. The fourth-order valence-corrected chi connectivity index (χ4v) is 6.14. The molecule has 2 aliphatic rings. The minimum Gasteiger partial charge on any atom is -0.497 e. The van der Waals surface area contributed by atoms with E-state index in [1.54, 1.807) is 18.2 Å². The standard InChI is InChI=1S/C24H30BrNO/c1-17-13-19(25)14-22-21(17)16-26(15-18-7-9-20(27-4)10-8-18)24(22)12-6-5-11-23(24,2)3/h7-10,13-14H,5-6,11-12,15-16H2,1-4H3. The van der Waals surface area contributed by atoms with Crippen LogP contribution in [0.3, 0.4) is 0 Å². The van der Waals surface area contributed by atoms with Gasteiger partial charge in [0.2, 0.25) is 0 Å². The van der Waals surface area contributed by atoms with E-state index in [1.165, 1.54) is 41.3 Å². The number of ether oxygens (including phenoxy) is 1. The smallest absolute Gasteiger partial charge is 0.118 e. The molecule has 144 valence electrons. The van der Waals surface area contributed by atoms with Crippen molar-refractivity contribution in [2.75, 3.05) is 7.11 Å².